The molecule has 3 amide bonds. The summed E-state index contributed by atoms with van der Waals surface area (Å²) in [6.07, 6.45) is 0. The van der Waals surface area contributed by atoms with Crippen molar-refractivity contribution in [3.8, 4) is 0 Å². The van der Waals surface area contributed by atoms with Crippen LogP contribution in [-0.4, -0.2) is 11.9 Å². The van der Waals surface area contributed by atoms with Gasteiger partial charge in [-0.2, -0.15) is 0 Å². The van der Waals surface area contributed by atoms with Gasteiger partial charge in [0.15, 0.2) is 0 Å². The van der Waals surface area contributed by atoms with E-state index in [9.17, 15) is 9.59 Å². The Labute approximate surface area is 123 Å². The first-order valence-corrected chi connectivity index (χ1v) is 6.51. The normalized spacial score (nSPS) is 10.0. The van der Waals surface area contributed by atoms with Gasteiger partial charge in [-0.15, -0.1) is 0 Å². The first-order valence-electron chi connectivity index (χ1n) is 6.51. The van der Waals surface area contributed by atoms with Crippen LogP contribution in [-0.2, 0) is 0 Å². The summed E-state index contributed by atoms with van der Waals surface area (Å²) in [4.78, 5) is 23.1. The summed E-state index contributed by atoms with van der Waals surface area (Å²) in [5.74, 6) is -0.191. The van der Waals surface area contributed by atoms with Crippen molar-refractivity contribution in [1.82, 2.24) is 0 Å². The van der Waals surface area contributed by atoms with Gasteiger partial charge < -0.3 is 16.4 Å². The molecule has 0 fully saturated rings. The summed E-state index contributed by atoms with van der Waals surface area (Å²) in [6, 6.07) is 11.8. The maximum absolute atomic E-state index is 12.3. The molecular weight excluding hydrogens is 266 g/mol. The highest BCUT2D eigenvalue weighted by Crippen LogP contribution is 2.17. The number of amides is 3. The molecule has 0 aliphatic rings. The third kappa shape index (κ3) is 3.82. The largest absolute Gasteiger partial charge is 0.351 e. The third-order valence-corrected chi connectivity index (χ3v) is 3.01. The fraction of sp³-hybridized carbons (Fsp3) is 0.125. The highest BCUT2D eigenvalue weighted by Gasteiger charge is 2.09. The van der Waals surface area contributed by atoms with E-state index >= 15 is 0 Å². The van der Waals surface area contributed by atoms with Crippen LogP contribution < -0.4 is 16.4 Å². The fourth-order valence-electron chi connectivity index (χ4n) is 2.08. The van der Waals surface area contributed by atoms with Crippen molar-refractivity contribution in [3.63, 3.8) is 0 Å². The summed E-state index contributed by atoms with van der Waals surface area (Å²) in [7, 11) is 0. The number of carbonyl (C=O) groups is 2. The van der Waals surface area contributed by atoms with E-state index in [1.807, 2.05) is 26.0 Å². The molecule has 2 rings (SSSR count). The predicted molar refractivity (Wildman–Crippen MR) is 83.5 cm³/mol. The highest BCUT2D eigenvalue weighted by molar-refractivity contribution is 6.05. The second-order valence-electron chi connectivity index (χ2n) is 4.84. The number of carbonyl (C=O) groups excluding carboxylic acids is 2. The molecule has 0 saturated heterocycles. The zero-order valence-corrected chi connectivity index (χ0v) is 11.9. The zero-order valence-electron chi connectivity index (χ0n) is 11.9. The molecule has 0 spiro atoms. The van der Waals surface area contributed by atoms with Crippen molar-refractivity contribution < 1.29 is 9.59 Å². The van der Waals surface area contributed by atoms with Gasteiger partial charge in [-0.25, -0.2) is 4.79 Å². The number of benzene rings is 2. The summed E-state index contributed by atoms with van der Waals surface area (Å²) in [6.45, 7) is 3.88. The quantitative estimate of drug-likeness (QED) is 0.808. The van der Waals surface area contributed by atoms with Crippen LogP contribution in [0.2, 0.25) is 0 Å². The lowest BCUT2D eigenvalue weighted by Crippen LogP contribution is -2.19. The van der Waals surface area contributed by atoms with Crippen LogP contribution in [0.3, 0.4) is 0 Å². The van der Waals surface area contributed by atoms with Crippen molar-refractivity contribution in [2.75, 3.05) is 10.6 Å². The molecule has 21 heavy (non-hydrogen) atoms. The average molecular weight is 283 g/mol. The number of primary amides is 1. The second kappa shape index (κ2) is 6.09. The Balaban J connectivity index is 2.17. The van der Waals surface area contributed by atoms with Crippen molar-refractivity contribution in [1.29, 1.82) is 0 Å². The standard InChI is InChI=1S/C16H17N3O2/c1-10-6-7-14(11(2)8-10)15(20)18-12-4-3-5-13(9-12)19-16(17)21/h3-9H,1-2H3,(H,18,20)(H3,17,19,21). The molecule has 0 aromatic heterocycles. The molecule has 5 heteroatoms. The number of hydrogen-bond donors (Lipinski definition) is 3. The lowest BCUT2D eigenvalue weighted by molar-refractivity contribution is 0.102. The van der Waals surface area contributed by atoms with Crippen molar-refractivity contribution in [3.05, 3.63) is 59.2 Å². The van der Waals surface area contributed by atoms with Crippen molar-refractivity contribution in [2.45, 2.75) is 13.8 Å². The summed E-state index contributed by atoms with van der Waals surface area (Å²) in [5.41, 5.74) is 8.82. The Morgan fingerprint density at radius 2 is 1.62 bits per heavy atom. The topological polar surface area (TPSA) is 84.2 Å². The molecule has 0 saturated carbocycles. The van der Waals surface area contributed by atoms with E-state index in [0.717, 1.165) is 11.1 Å². The first kappa shape index (κ1) is 14.6. The molecule has 2 aromatic carbocycles. The highest BCUT2D eigenvalue weighted by atomic mass is 16.2. The van der Waals surface area contributed by atoms with Crippen LogP contribution in [0.25, 0.3) is 0 Å². The molecule has 2 aromatic rings. The van der Waals surface area contributed by atoms with Gasteiger partial charge in [-0.1, -0.05) is 23.8 Å². The van der Waals surface area contributed by atoms with E-state index < -0.39 is 6.03 Å². The van der Waals surface area contributed by atoms with Crippen LogP contribution in [0.4, 0.5) is 16.2 Å². The zero-order chi connectivity index (χ0) is 15.4. The Bertz CT molecular complexity index is 696. The van der Waals surface area contributed by atoms with Gasteiger partial charge in [0, 0.05) is 16.9 Å². The lowest BCUT2D eigenvalue weighted by atomic mass is 10.1. The Hall–Kier alpha value is -2.82. The molecule has 0 radical (unpaired) electrons. The predicted octanol–water partition coefficient (Wildman–Crippen LogP) is 3.05. The molecular formula is C16H17N3O2. The number of hydrogen-bond acceptors (Lipinski definition) is 2. The molecule has 0 aliphatic carbocycles. The van der Waals surface area contributed by atoms with Gasteiger partial charge in [0.1, 0.15) is 0 Å². The third-order valence-electron chi connectivity index (χ3n) is 3.01. The molecule has 108 valence electrons. The van der Waals surface area contributed by atoms with Crippen LogP contribution in [0.15, 0.2) is 42.5 Å². The summed E-state index contributed by atoms with van der Waals surface area (Å²) in [5, 5.41) is 5.27. The van der Waals surface area contributed by atoms with E-state index in [4.69, 9.17) is 5.73 Å². The summed E-state index contributed by atoms with van der Waals surface area (Å²) >= 11 is 0. The molecule has 0 heterocycles. The van der Waals surface area contributed by atoms with Gasteiger partial charge >= 0.3 is 6.03 Å². The van der Waals surface area contributed by atoms with Gasteiger partial charge in [-0.05, 0) is 43.7 Å². The molecule has 0 aliphatic heterocycles. The van der Waals surface area contributed by atoms with E-state index in [1.54, 1.807) is 30.3 Å². The number of nitrogens with two attached hydrogens (primary N) is 1. The molecule has 0 unspecified atom stereocenters. The molecule has 5 nitrogen and oxygen atoms in total. The van der Waals surface area contributed by atoms with Crippen molar-refractivity contribution in [2.24, 2.45) is 5.73 Å². The van der Waals surface area contributed by atoms with E-state index in [-0.39, 0.29) is 5.91 Å². The van der Waals surface area contributed by atoms with Crippen LogP contribution >= 0.6 is 0 Å². The second-order valence-corrected chi connectivity index (χ2v) is 4.84. The summed E-state index contributed by atoms with van der Waals surface area (Å²) < 4.78 is 0. The van der Waals surface area contributed by atoms with Gasteiger partial charge in [-0.3, -0.25) is 4.79 Å². The minimum atomic E-state index is -0.646. The average Bonchev–Trinajstić information content (AvgIpc) is 2.37. The SMILES string of the molecule is Cc1ccc(C(=O)Nc2cccc(NC(N)=O)c2)c(C)c1. The maximum atomic E-state index is 12.3. The minimum absolute atomic E-state index is 0.191. The molecule has 0 atom stereocenters. The number of urea groups is 1. The Morgan fingerprint density at radius 1 is 0.952 bits per heavy atom. The fourth-order valence-corrected chi connectivity index (χ4v) is 2.08. The maximum Gasteiger partial charge on any atom is 0.316 e. The van der Waals surface area contributed by atoms with Crippen molar-refractivity contribution >= 4 is 23.3 Å². The smallest absolute Gasteiger partial charge is 0.316 e. The minimum Gasteiger partial charge on any atom is -0.351 e. The van der Waals surface area contributed by atoms with Crippen LogP contribution in [0.5, 0.6) is 0 Å². The van der Waals surface area contributed by atoms with E-state index in [0.29, 0.717) is 16.9 Å². The van der Waals surface area contributed by atoms with Crippen LogP contribution in [0, 0.1) is 13.8 Å². The number of anilines is 2. The van der Waals surface area contributed by atoms with E-state index in [1.165, 1.54) is 0 Å². The molecule has 4 N–H and O–H groups in total. The van der Waals surface area contributed by atoms with Gasteiger partial charge in [0.05, 0.1) is 0 Å². The number of aryl methyl sites for hydroxylation is 2. The first-order chi connectivity index (χ1) is 9.95. The Kier molecular flexibility index (Phi) is 4.23. The number of nitrogens with one attached hydrogen (secondary N) is 2. The Morgan fingerprint density at radius 3 is 2.24 bits per heavy atom. The van der Waals surface area contributed by atoms with Gasteiger partial charge in [0.25, 0.3) is 5.91 Å². The van der Waals surface area contributed by atoms with Gasteiger partial charge in [0.2, 0.25) is 0 Å². The number of rotatable bonds is 3. The van der Waals surface area contributed by atoms with Crippen LogP contribution in [0.1, 0.15) is 21.5 Å². The molecule has 0 bridgehead atoms. The monoisotopic (exact) mass is 283 g/mol. The van der Waals surface area contributed by atoms with E-state index in [2.05, 4.69) is 10.6 Å². The lowest BCUT2D eigenvalue weighted by Gasteiger charge is -2.10.